The van der Waals surface area contributed by atoms with E-state index in [1.54, 1.807) is 6.92 Å². The molecule has 0 bridgehead atoms. The van der Waals surface area contributed by atoms with Crippen LogP contribution in [0.1, 0.15) is 20.3 Å². The van der Waals surface area contributed by atoms with Gasteiger partial charge in [0.15, 0.2) is 0 Å². The lowest BCUT2D eigenvalue weighted by molar-refractivity contribution is -0.124. The summed E-state index contributed by atoms with van der Waals surface area (Å²) in [6.45, 7) is 3.88. The SMILES string of the molecule is CCC1(C(C)=O)CSCCSC1. The van der Waals surface area contributed by atoms with Crippen LogP contribution in [0.3, 0.4) is 0 Å². The second kappa shape index (κ2) is 4.56. The molecule has 0 atom stereocenters. The number of rotatable bonds is 2. The minimum absolute atomic E-state index is 0.00810. The van der Waals surface area contributed by atoms with Gasteiger partial charge in [-0.05, 0) is 13.3 Å². The zero-order valence-corrected chi connectivity index (χ0v) is 9.39. The largest absolute Gasteiger partial charge is 0.299 e. The van der Waals surface area contributed by atoms with Crippen molar-refractivity contribution in [2.75, 3.05) is 23.0 Å². The van der Waals surface area contributed by atoms with Gasteiger partial charge in [-0.1, -0.05) is 6.92 Å². The Morgan fingerprint density at radius 2 is 1.83 bits per heavy atom. The van der Waals surface area contributed by atoms with Crippen molar-refractivity contribution < 1.29 is 4.79 Å². The van der Waals surface area contributed by atoms with Crippen LogP contribution in [-0.2, 0) is 4.79 Å². The summed E-state index contributed by atoms with van der Waals surface area (Å²) in [6.07, 6.45) is 1.00. The molecule has 0 saturated carbocycles. The molecule has 0 radical (unpaired) electrons. The van der Waals surface area contributed by atoms with E-state index >= 15 is 0 Å². The fraction of sp³-hybridized carbons (Fsp3) is 0.889. The third kappa shape index (κ3) is 2.19. The number of hydrogen-bond donors (Lipinski definition) is 0. The normalized spacial score (nSPS) is 23.2. The van der Waals surface area contributed by atoms with Crippen LogP contribution in [0.15, 0.2) is 0 Å². The van der Waals surface area contributed by atoms with Crippen molar-refractivity contribution in [2.45, 2.75) is 20.3 Å². The van der Waals surface area contributed by atoms with E-state index in [4.69, 9.17) is 0 Å². The Hall–Kier alpha value is 0.370. The highest BCUT2D eigenvalue weighted by molar-refractivity contribution is 8.03. The topological polar surface area (TPSA) is 17.1 Å². The van der Waals surface area contributed by atoms with Crippen molar-refractivity contribution in [3.8, 4) is 0 Å². The second-order valence-electron chi connectivity index (χ2n) is 3.30. The van der Waals surface area contributed by atoms with Crippen LogP contribution >= 0.6 is 23.5 Å². The van der Waals surface area contributed by atoms with Crippen LogP contribution < -0.4 is 0 Å². The smallest absolute Gasteiger partial charge is 0.137 e. The summed E-state index contributed by atoms with van der Waals surface area (Å²) in [5.74, 6) is 4.86. The number of carbonyl (C=O) groups excluding carboxylic acids is 1. The molecule has 1 nitrogen and oxygen atoms in total. The molecule has 70 valence electrons. The molecule has 0 aliphatic carbocycles. The number of ketones is 1. The summed E-state index contributed by atoms with van der Waals surface area (Å²) in [5.41, 5.74) is -0.00810. The van der Waals surface area contributed by atoms with E-state index in [-0.39, 0.29) is 5.41 Å². The van der Waals surface area contributed by atoms with Crippen LogP contribution in [0.5, 0.6) is 0 Å². The molecule has 0 aromatic heterocycles. The third-order valence-corrected chi connectivity index (χ3v) is 5.31. The third-order valence-electron chi connectivity index (χ3n) is 2.55. The van der Waals surface area contributed by atoms with Crippen LogP contribution in [0.25, 0.3) is 0 Å². The molecule has 1 aliphatic heterocycles. The zero-order chi connectivity index (χ0) is 9.03. The minimum atomic E-state index is -0.00810. The van der Waals surface area contributed by atoms with Crippen molar-refractivity contribution >= 4 is 29.3 Å². The van der Waals surface area contributed by atoms with Crippen LogP contribution in [0.4, 0.5) is 0 Å². The number of Topliss-reactive ketones (excluding diaryl/α,β-unsaturated/α-hetero) is 1. The lowest BCUT2D eigenvalue weighted by Gasteiger charge is -2.27. The molecule has 1 rings (SSSR count). The number of thioether (sulfide) groups is 2. The zero-order valence-electron chi connectivity index (χ0n) is 7.76. The highest BCUT2D eigenvalue weighted by Crippen LogP contribution is 2.35. The van der Waals surface area contributed by atoms with Gasteiger partial charge in [0, 0.05) is 28.4 Å². The molecule has 0 N–H and O–H groups in total. The van der Waals surface area contributed by atoms with Gasteiger partial charge < -0.3 is 0 Å². The van der Waals surface area contributed by atoms with Gasteiger partial charge in [0.05, 0.1) is 0 Å². The summed E-state index contributed by atoms with van der Waals surface area (Å²) in [4.78, 5) is 11.5. The summed E-state index contributed by atoms with van der Waals surface area (Å²) >= 11 is 3.87. The number of carbonyl (C=O) groups is 1. The summed E-state index contributed by atoms with van der Waals surface area (Å²) < 4.78 is 0. The maximum Gasteiger partial charge on any atom is 0.137 e. The highest BCUT2D eigenvalue weighted by atomic mass is 32.2. The first kappa shape index (κ1) is 10.5. The van der Waals surface area contributed by atoms with Gasteiger partial charge in [0.25, 0.3) is 0 Å². The maximum atomic E-state index is 11.5. The van der Waals surface area contributed by atoms with Gasteiger partial charge >= 0.3 is 0 Å². The van der Waals surface area contributed by atoms with Crippen LogP contribution in [0.2, 0.25) is 0 Å². The fourth-order valence-corrected chi connectivity index (χ4v) is 4.51. The van der Waals surface area contributed by atoms with Crippen molar-refractivity contribution in [1.82, 2.24) is 0 Å². The van der Waals surface area contributed by atoms with E-state index in [1.165, 1.54) is 11.5 Å². The standard InChI is InChI=1S/C9H16OS2/c1-3-9(8(2)10)6-11-4-5-12-7-9/h3-7H2,1-2H3. The van der Waals surface area contributed by atoms with E-state index in [0.717, 1.165) is 17.9 Å². The Bertz CT molecular complexity index is 160. The van der Waals surface area contributed by atoms with E-state index in [1.807, 2.05) is 23.5 Å². The molecule has 1 heterocycles. The average molecular weight is 204 g/mol. The van der Waals surface area contributed by atoms with Crippen molar-refractivity contribution in [3.05, 3.63) is 0 Å². The van der Waals surface area contributed by atoms with Crippen LogP contribution in [0, 0.1) is 5.41 Å². The molecule has 0 unspecified atom stereocenters. The lowest BCUT2D eigenvalue weighted by Crippen LogP contribution is -2.33. The molecular formula is C9H16OS2. The van der Waals surface area contributed by atoms with Gasteiger partial charge in [-0.3, -0.25) is 4.79 Å². The Morgan fingerprint density at radius 1 is 1.33 bits per heavy atom. The Balaban J connectivity index is 2.68. The molecule has 0 spiro atoms. The predicted octanol–water partition coefficient (Wildman–Crippen LogP) is 2.45. The molecule has 1 saturated heterocycles. The Kier molecular flexibility index (Phi) is 3.97. The minimum Gasteiger partial charge on any atom is -0.299 e. The maximum absolute atomic E-state index is 11.5. The van der Waals surface area contributed by atoms with Gasteiger partial charge in [-0.15, -0.1) is 0 Å². The predicted molar refractivity (Wildman–Crippen MR) is 58.1 cm³/mol. The highest BCUT2D eigenvalue weighted by Gasteiger charge is 2.34. The quantitative estimate of drug-likeness (QED) is 0.688. The van der Waals surface area contributed by atoms with E-state index in [9.17, 15) is 4.79 Å². The number of hydrogen-bond acceptors (Lipinski definition) is 3. The van der Waals surface area contributed by atoms with Gasteiger partial charge in [-0.2, -0.15) is 23.5 Å². The monoisotopic (exact) mass is 204 g/mol. The van der Waals surface area contributed by atoms with Crippen molar-refractivity contribution in [1.29, 1.82) is 0 Å². The van der Waals surface area contributed by atoms with E-state index in [0.29, 0.717) is 5.78 Å². The molecule has 1 aliphatic rings. The average Bonchev–Trinajstić information content (AvgIpc) is 2.29. The summed E-state index contributed by atoms with van der Waals surface area (Å²) in [5, 5.41) is 0. The van der Waals surface area contributed by atoms with E-state index < -0.39 is 0 Å². The lowest BCUT2D eigenvalue weighted by atomic mass is 9.85. The Labute approximate surface area is 83.1 Å². The molecule has 0 amide bonds. The molecular weight excluding hydrogens is 188 g/mol. The first-order valence-corrected chi connectivity index (χ1v) is 6.69. The van der Waals surface area contributed by atoms with Gasteiger partial charge in [-0.25, -0.2) is 0 Å². The molecule has 1 fully saturated rings. The summed E-state index contributed by atoms with van der Waals surface area (Å²) in [6, 6.07) is 0. The fourth-order valence-electron chi connectivity index (χ4n) is 1.35. The van der Waals surface area contributed by atoms with Crippen LogP contribution in [-0.4, -0.2) is 28.8 Å². The molecule has 3 heteroatoms. The van der Waals surface area contributed by atoms with Crippen molar-refractivity contribution in [2.24, 2.45) is 5.41 Å². The molecule has 0 aromatic carbocycles. The first-order chi connectivity index (χ1) is 5.71. The first-order valence-electron chi connectivity index (χ1n) is 4.38. The summed E-state index contributed by atoms with van der Waals surface area (Å²) in [7, 11) is 0. The Morgan fingerprint density at radius 3 is 2.17 bits per heavy atom. The molecule has 0 aromatic rings. The van der Waals surface area contributed by atoms with Crippen molar-refractivity contribution in [3.63, 3.8) is 0 Å². The van der Waals surface area contributed by atoms with Gasteiger partial charge in [0.2, 0.25) is 0 Å². The molecule has 12 heavy (non-hydrogen) atoms. The second-order valence-corrected chi connectivity index (χ2v) is 5.51. The van der Waals surface area contributed by atoms with Gasteiger partial charge in [0.1, 0.15) is 5.78 Å². The van der Waals surface area contributed by atoms with E-state index in [2.05, 4.69) is 6.92 Å².